The number of benzene rings is 1. The third kappa shape index (κ3) is 1.96. The van der Waals surface area contributed by atoms with Crippen LogP contribution in [0.2, 0.25) is 0 Å². The summed E-state index contributed by atoms with van der Waals surface area (Å²) in [5.74, 6) is 0.158. The average Bonchev–Trinajstić information content (AvgIpc) is 2.60. The molecule has 0 aromatic heterocycles. The second kappa shape index (κ2) is 4.04. The van der Waals surface area contributed by atoms with Gasteiger partial charge in [0.2, 0.25) is 0 Å². The molecule has 84 valence electrons. The summed E-state index contributed by atoms with van der Waals surface area (Å²) in [5.41, 5.74) is 0.608. The van der Waals surface area contributed by atoms with Gasteiger partial charge in [0, 0.05) is 5.56 Å². The van der Waals surface area contributed by atoms with Gasteiger partial charge < -0.3 is 5.32 Å². The molecule has 0 aliphatic carbocycles. The van der Waals surface area contributed by atoms with E-state index in [4.69, 9.17) is 0 Å². The van der Waals surface area contributed by atoms with Gasteiger partial charge in [0.25, 0.3) is 5.91 Å². The molecule has 1 aromatic rings. The van der Waals surface area contributed by atoms with E-state index in [1.165, 1.54) is 12.1 Å². The van der Waals surface area contributed by atoms with Crippen molar-refractivity contribution in [2.24, 2.45) is 10.9 Å². The lowest BCUT2D eigenvalue weighted by atomic mass is 10.1. The van der Waals surface area contributed by atoms with Crippen molar-refractivity contribution in [3.8, 4) is 0 Å². The molecule has 1 unspecified atom stereocenters. The van der Waals surface area contributed by atoms with Gasteiger partial charge in [-0.25, -0.2) is 4.39 Å². The molecule has 0 saturated heterocycles. The Kier molecular flexibility index (Phi) is 2.73. The van der Waals surface area contributed by atoms with E-state index in [1.807, 2.05) is 13.8 Å². The van der Waals surface area contributed by atoms with E-state index >= 15 is 0 Å². The molecular weight excluding hydrogens is 207 g/mol. The lowest BCUT2D eigenvalue weighted by molar-refractivity contribution is -0.120. The molecule has 2 rings (SSSR count). The van der Waals surface area contributed by atoms with E-state index in [9.17, 15) is 9.18 Å². The van der Waals surface area contributed by atoms with E-state index in [0.717, 1.165) is 0 Å². The van der Waals surface area contributed by atoms with Crippen molar-refractivity contribution in [3.63, 3.8) is 0 Å². The Morgan fingerprint density at radius 2 is 2.19 bits per heavy atom. The van der Waals surface area contributed by atoms with Gasteiger partial charge in [-0.1, -0.05) is 26.0 Å². The molecule has 1 heterocycles. The smallest absolute Gasteiger partial charge is 0.250 e. The number of rotatable bonds is 2. The number of aliphatic imine (C=N–C) groups is 1. The topological polar surface area (TPSA) is 41.5 Å². The van der Waals surface area contributed by atoms with E-state index in [1.54, 1.807) is 12.1 Å². The Labute approximate surface area is 93.4 Å². The predicted octanol–water partition coefficient (Wildman–Crippen LogP) is 1.73. The van der Waals surface area contributed by atoms with Gasteiger partial charge in [-0.05, 0) is 18.1 Å². The fraction of sp³-hybridized carbons (Fsp3) is 0.333. The summed E-state index contributed by atoms with van der Waals surface area (Å²) in [6.45, 7) is 3.87. The summed E-state index contributed by atoms with van der Waals surface area (Å²) in [6.07, 6.45) is 0. The maximum Gasteiger partial charge on any atom is 0.250 e. The van der Waals surface area contributed by atoms with Crippen LogP contribution in [0.15, 0.2) is 29.3 Å². The van der Waals surface area contributed by atoms with Gasteiger partial charge in [-0.3, -0.25) is 9.79 Å². The highest BCUT2D eigenvalue weighted by Gasteiger charge is 2.29. The summed E-state index contributed by atoms with van der Waals surface area (Å²) >= 11 is 0. The van der Waals surface area contributed by atoms with Gasteiger partial charge in [-0.15, -0.1) is 0 Å². The first-order valence-corrected chi connectivity index (χ1v) is 5.22. The molecule has 0 spiro atoms. The molecule has 1 aliphatic heterocycles. The molecular formula is C12H13FN2O. The number of carbonyl (C=O) groups is 1. The van der Waals surface area contributed by atoms with Crippen LogP contribution in [0.1, 0.15) is 19.4 Å². The molecule has 1 aromatic carbocycles. The highest BCUT2D eigenvalue weighted by Crippen LogP contribution is 2.15. The molecule has 1 atom stereocenters. The molecule has 3 nitrogen and oxygen atoms in total. The summed E-state index contributed by atoms with van der Waals surface area (Å²) in [6, 6.07) is 5.69. The summed E-state index contributed by atoms with van der Waals surface area (Å²) in [4.78, 5) is 15.8. The van der Waals surface area contributed by atoms with Crippen LogP contribution in [-0.4, -0.2) is 17.8 Å². The standard InChI is InChI=1S/C12H13FN2O/c1-7(2)10-12(16)15-11(14-10)8-4-3-5-9(13)6-8/h3-7,10H,1-2H3,(H,14,15,16). The first kappa shape index (κ1) is 10.8. The van der Waals surface area contributed by atoms with Crippen LogP contribution < -0.4 is 5.32 Å². The van der Waals surface area contributed by atoms with Crippen LogP contribution in [0.5, 0.6) is 0 Å². The normalized spacial score (nSPS) is 19.9. The van der Waals surface area contributed by atoms with Gasteiger partial charge in [-0.2, -0.15) is 0 Å². The van der Waals surface area contributed by atoms with Gasteiger partial charge in [0.1, 0.15) is 17.7 Å². The third-order valence-electron chi connectivity index (χ3n) is 2.51. The van der Waals surface area contributed by atoms with Gasteiger partial charge in [0.05, 0.1) is 0 Å². The minimum atomic E-state index is -0.363. The molecule has 4 heteroatoms. The number of carbonyl (C=O) groups excluding carboxylic acids is 1. The summed E-state index contributed by atoms with van der Waals surface area (Å²) < 4.78 is 13.0. The van der Waals surface area contributed by atoms with Crippen molar-refractivity contribution >= 4 is 11.7 Å². The van der Waals surface area contributed by atoms with Crippen LogP contribution in [0.4, 0.5) is 4.39 Å². The predicted molar refractivity (Wildman–Crippen MR) is 59.7 cm³/mol. The first-order valence-electron chi connectivity index (χ1n) is 5.22. The van der Waals surface area contributed by atoms with Crippen molar-refractivity contribution in [1.29, 1.82) is 0 Å². The number of nitrogens with one attached hydrogen (secondary N) is 1. The minimum absolute atomic E-state index is 0.116. The minimum Gasteiger partial charge on any atom is -0.309 e. The highest BCUT2D eigenvalue weighted by molar-refractivity contribution is 6.13. The zero-order chi connectivity index (χ0) is 11.7. The summed E-state index contributed by atoms with van der Waals surface area (Å²) in [7, 11) is 0. The molecule has 0 bridgehead atoms. The lowest BCUT2D eigenvalue weighted by Gasteiger charge is -2.06. The molecule has 0 radical (unpaired) electrons. The van der Waals surface area contributed by atoms with Crippen molar-refractivity contribution in [1.82, 2.24) is 5.32 Å². The molecule has 1 N–H and O–H groups in total. The highest BCUT2D eigenvalue weighted by atomic mass is 19.1. The fourth-order valence-electron chi connectivity index (χ4n) is 1.65. The Bertz CT molecular complexity index is 454. The zero-order valence-electron chi connectivity index (χ0n) is 9.20. The van der Waals surface area contributed by atoms with Gasteiger partial charge >= 0.3 is 0 Å². The molecule has 0 fully saturated rings. The number of amides is 1. The van der Waals surface area contributed by atoms with Crippen molar-refractivity contribution < 1.29 is 9.18 Å². The maximum atomic E-state index is 13.0. The van der Waals surface area contributed by atoms with Crippen LogP contribution in [0.3, 0.4) is 0 Å². The molecule has 0 saturated carbocycles. The Balaban J connectivity index is 2.30. The van der Waals surface area contributed by atoms with Crippen LogP contribution in [-0.2, 0) is 4.79 Å². The number of amidine groups is 1. The molecule has 16 heavy (non-hydrogen) atoms. The second-order valence-corrected chi connectivity index (χ2v) is 4.17. The van der Waals surface area contributed by atoms with E-state index in [2.05, 4.69) is 10.3 Å². The first-order chi connectivity index (χ1) is 7.58. The van der Waals surface area contributed by atoms with E-state index in [0.29, 0.717) is 11.4 Å². The van der Waals surface area contributed by atoms with Crippen molar-refractivity contribution in [2.45, 2.75) is 19.9 Å². The average molecular weight is 220 g/mol. The Morgan fingerprint density at radius 3 is 2.75 bits per heavy atom. The van der Waals surface area contributed by atoms with Crippen molar-refractivity contribution in [2.75, 3.05) is 0 Å². The fourth-order valence-corrected chi connectivity index (χ4v) is 1.65. The molecule has 1 amide bonds. The largest absolute Gasteiger partial charge is 0.309 e. The maximum absolute atomic E-state index is 13.0. The number of hydrogen-bond donors (Lipinski definition) is 1. The van der Waals surface area contributed by atoms with E-state index < -0.39 is 0 Å². The molecule has 1 aliphatic rings. The SMILES string of the molecule is CC(C)C1N=C(c2cccc(F)c2)NC1=O. The second-order valence-electron chi connectivity index (χ2n) is 4.17. The quantitative estimate of drug-likeness (QED) is 0.810. The Morgan fingerprint density at radius 1 is 1.44 bits per heavy atom. The van der Waals surface area contributed by atoms with Crippen LogP contribution >= 0.6 is 0 Å². The van der Waals surface area contributed by atoms with Crippen LogP contribution in [0.25, 0.3) is 0 Å². The number of nitrogens with zero attached hydrogens (tertiary/aromatic N) is 1. The van der Waals surface area contributed by atoms with E-state index in [-0.39, 0.29) is 23.7 Å². The number of hydrogen-bond acceptors (Lipinski definition) is 2. The number of halogens is 1. The van der Waals surface area contributed by atoms with Gasteiger partial charge in [0.15, 0.2) is 0 Å². The zero-order valence-corrected chi connectivity index (χ0v) is 9.20. The lowest BCUT2D eigenvalue weighted by Crippen LogP contribution is -2.31. The van der Waals surface area contributed by atoms with Crippen molar-refractivity contribution in [3.05, 3.63) is 35.6 Å². The van der Waals surface area contributed by atoms with Crippen LogP contribution in [0, 0.1) is 11.7 Å². The summed E-state index contributed by atoms with van der Waals surface area (Å²) in [5, 5.41) is 2.67. The third-order valence-corrected chi connectivity index (χ3v) is 2.51. The monoisotopic (exact) mass is 220 g/mol. The Hall–Kier alpha value is -1.71.